The summed E-state index contributed by atoms with van der Waals surface area (Å²) in [6.07, 6.45) is 6.76. The fourth-order valence-corrected chi connectivity index (χ4v) is 3.58. The SMILES string of the molecule is C#CCNS(=O)(=O)c1cccc(C(=O)Nc2cccc(-c3ccnc(C)n3)c2)c1. The predicted molar refractivity (Wildman–Crippen MR) is 111 cm³/mol. The number of carbonyl (C=O) groups excluding carboxylic acids is 1. The van der Waals surface area contributed by atoms with Gasteiger partial charge in [-0.05, 0) is 43.3 Å². The molecule has 0 atom stereocenters. The quantitative estimate of drug-likeness (QED) is 0.613. The first-order chi connectivity index (χ1) is 13.9. The topological polar surface area (TPSA) is 101 Å². The van der Waals surface area contributed by atoms with Gasteiger partial charge < -0.3 is 5.32 Å². The summed E-state index contributed by atoms with van der Waals surface area (Å²) in [4.78, 5) is 21.0. The molecule has 2 aromatic carbocycles. The highest BCUT2D eigenvalue weighted by Crippen LogP contribution is 2.21. The normalized spacial score (nSPS) is 10.9. The van der Waals surface area contributed by atoms with Gasteiger partial charge in [0.15, 0.2) is 0 Å². The van der Waals surface area contributed by atoms with Crippen LogP contribution in [0.5, 0.6) is 0 Å². The van der Waals surface area contributed by atoms with Crippen molar-refractivity contribution in [2.75, 3.05) is 11.9 Å². The Bertz CT molecular complexity index is 1200. The molecule has 0 bridgehead atoms. The van der Waals surface area contributed by atoms with Crippen molar-refractivity contribution in [2.24, 2.45) is 0 Å². The van der Waals surface area contributed by atoms with E-state index in [1.165, 1.54) is 24.3 Å². The maximum absolute atomic E-state index is 12.6. The van der Waals surface area contributed by atoms with Crippen LogP contribution in [0.1, 0.15) is 16.2 Å². The second-order valence-electron chi connectivity index (χ2n) is 6.08. The van der Waals surface area contributed by atoms with Gasteiger partial charge in [-0.25, -0.2) is 18.4 Å². The number of rotatable bonds is 6. The maximum Gasteiger partial charge on any atom is 0.255 e. The molecule has 0 aliphatic carbocycles. The molecule has 29 heavy (non-hydrogen) atoms. The Morgan fingerprint density at radius 3 is 2.69 bits per heavy atom. The van der Waals surface area contributed by atoms with Crippen molar-refractivity contribution in [1.82, 2.24) is 14.7 Å². The first-order valence-electron chi connectivity index (χ1n) is 8.64. The van der Waals surface area contributed by atoms with Crippen molar-refractivity contribution in [2.45, 2.75) is 11.8 Å². The van der Waals surface area contributed by atoms with Gasteiger partial charge in [-0.15, -0.1) is 6.42 Å². The number of aryl methyl sites for hydroxylation is 1. The van der Waals surface area contributed by atoms with Gasteiger partial charge in [-0.3, -0.25) is 4.79 Å². The number of amides is 1. The van der Waals surface area contributed by atoms with E-state index in [0.29, 0.717) is 11.5 Å². The van der Waals surface area contributed by atoms with Gasteiger partial charge in [0.05, 0.1) is 17.1 Å². The maximum atomic E-state index is 12.6. The molecule has 0 saturated heterocycles. The van der Waals surface area contributed by atoms with Crippen molar-refractivity contribution < 1.29 is 13.2 Å². The second-order valence-corrected chi connectivity index (χ2v) is 7.85. The third-order valence-corrected chi connectivity index (χ3v) is 5.36. The third-order valence-electron chi connectivity index (χ3n) is 3.96. The van der Waals surface area contributed by atoms with E-state index in [-0.39, 0.29) is 17.0 Å². The number of anilines is 1. The predicted octanol–water partition coefficient (Wildman–Crippen LogP) is 2.62. The minimum atomic E-state index is -3.78. The Morgan fingerprint density at radius 1 is 1.14 bits per heavy atom. The van der Waals surface area contributed by atoms with Crippen LogP contribution in [0.3, 0.4) is 0 Å². The van der Waals surface area contributed by atoms with Crippen LogP contribution in [0, 0.1) is 19.3 Å². The second kappa shape index (κ2) is 8.65. The molecule has 3 aromatic rings. The average Bonchev–Trinajstić information content (AvgIpc) is 2.72. The molecule has 3 rings (SSSR count). The number of nitrogens with one attached hydrogen (secondary N) is 2. The van der Waals surface area contributed by atoms with Gasteiger partial charge in [0.2, 0.25) is 10.0 Å². The lowest BCUT2D eigenvalue weighted by atomic mass is 10.1. The zero-order valence-electron chi connectivity index (χ0n) is 15.6. The van der Waals surface area contributed by atoms with E-state index in [0.717, 1.165) is 11.3 Å². The highest BCUT2D eigenvalue weighted by molar-refractivity contribution is 7.89. The molecule has 0 spiro atoms. The van der Waals surface area contributed by atoms with Gasteiger partial charge in [-0.2, -0.15) is 4.72 Å². The minimum absolute atomic E-state index is 0.0365. The minimum Gasteiger partial charge on any atom is -0.322 e. The van der Waals surface area contributed by atoms with Crippen LogP contribution in [0.25, 0.3) is 11.3 Å². The Balaban J connectivity index is 1.82. The number of nitrogens with zero attached hydrogens (tertiary/aromatic N) is 2. The smallest absolute Gasteiger partial charge is 0.255 e. The van der Waals surface area contributed by atoms with E-state index in [4.69, 9.17) is 6.42 Å². The van der Waals surface area contributed by atoms with Crippen molar-refractivity contribution in [3.63, 3.8) is 0 Å². The number of benzene rings is 2. The number of sulfonamides is 1. The summed E-state index contributed by atoms with van der Waals surface area (Å²) in [5, 5.41) is 2.77. The van der Waals surface area contributed by atoms with E-state index in [9.17, 15) is 13.2 Å². The first-order valence-corrected chi connectivity index (χ1v) is 10.1. The summed E-state index contributed by atoms with van der Waals surface area (Å²) < 4.78 is 26.7. The summed E-state index contributed by atoms with van der Waals surface area (Å²) in [7, 11) is -3.78. The van der Waals surface area contributed by atoms with Gasteiger partial charge >= 0.3 is 0 Å². The van der Waals surface area contributed by atoms with E-state index in [1.54, 1.807) is 37.4 Å². The van der Waals surface area contributed by atoms with Crippen LogP contribution in [0.4, 0.5) is 5.69 Å². The Kier molecular flexibility index (Phi) is 6.02. The molecule has 0 fully saturated rings. The Morgan fingerprint density at radius 2 is 1.93 bits per heavy atom. The van der Waals surface area contributed by atoms with Crippen molar-refractivity contribution in [3.8, 4) is 23.6 Å². The molecule has 0 unspecified atom stereocenters. The number of hydrogen-bond donors (Lipinski definition) is 2. The molecular formula is C21H18N4O3S. The van der Waals surface area contributed by atoms with Crippen molar-refractivity contribution in [1.29, 1.82) is 0 Å². The Hall–Kier alpha value is -3.54. The average molecular weight is 406 g/mol. The molecule has 146 valence electrons. The monoisotopic (exact) mass is 406 g/mol. The van der Waals surface area contributed by atoms with Crippen LogP contribution in [-0.2, 0) is 10.0 Å². The van der Waals surface area contributed by atoms with Crippen LogP contribution in [-0.4, -0.2) is 30.8 Å². The molecule has 0 radical (unpaired) electrons. The summed E-state index contributed by atoms with van der Waals surface area (Å²) in [5.74, 6) is 2.42. The fourth-order valence-electron chi connectivity index (χ4n) is 2.60. The largest absolute Gasteiger partial charge is 0.322 e. The van der Waals surface area contributed by atoms with Gasteiger partial charge in [-0.1, -0.05) is 24.1 Å². The van der Waals surface area contributed by atoms with Crippen LogP contribution in [0.2, 0.25) is 0 Å². The molecule has 1 amide bonds. The summed E-state index contributed by atoms with van der Waals surface area (Å²) in [6.45, 7) is 1.67. The summed E-state index contributed by atoms with van der Waals surface area (Å²) in [6, 6.07) is 14.7. The first kappa shape index (κ1) is 20.2. The number of terminal acetylenes is 1. The number of aromatic nitrogens is 2. The fraction of sp³-hybridized carbons (Fsp3) is 0.0952. The highest BCUT2D eigenvalue weighted by Gasteiger charge is 2.16. The van der Waals surface area contributed by atoms with E-state index >= 15 is 0 Å². The van der Waals surface area contributed by atoms with Crippen molar-refractivity contribution in [3.05, 3.63) is 72.2 Å². The molecule has 8 heteroatoms. The molecular weight excluding hydrogens is 388 g/mol. The molecule has 0 aliphatic rings. The molecule has 2 N–H and O–H groups in total. The Labute approximate surface area is 169 Å². The summed E-state index contributed by atoms with van der Waals surface area (Å²) >= 11 is 0. The van der Waals surface area contributed by atoms with Crippen LogP contribution >= 0.6 is 0 Å². The van der Waals surface area contributed by atoms with Crippen LogP contribution < -0.4 is 10.0 Å². The van der Waals surface area contributed by atoms with Crippen molar-refractivity contribution >= 4 is 21.6 Å². The molecule has 1 aromatic heterocycles. The lowest BCUT2D eigenvalue weighted by Crippen LogP contribution is -2.24. The highest BCUT2D eigenvalue weighted by atomic mass is 32.2. The van der Waals surface area contributed by atoms with Crippen LogP contribution in [0.15, 0.2) is 65.7 Å². The summed E-state index contributed by atoms with van der Waals surface area (Å²) in [5.41, 5.74) is 2.32. The lowest BCUT2D eigenvalue weighted by Gasteiger charge is -2.09. The zero-order chi connectivity index (χ0) is 20.9. The number of carbonyl (C=O) groups is 1. The van der Waals surface area contributed by atoms with E-state index < -0.39 is 15.9 Å². The van der Waals surface area contributed by atoms with E-state index in [1.807, 2.05) is 6.07 Å². The standard InChI is InChI=1S/C21H18N4O3S/c1-3-11-23-29(27,28)19-9-5-7-17(14-19)21(26)25-18-8-4-6-16(13-18)20-10-12-22-15(2)24-20/h1,4-10,12-14,23H,11H2,2H3,(H,25,26). The third kappa shape index (κ3) is 5.04. The zero-order valence-corrected chi connectivity index (χ0v) is 16.4. The van der Waals surface area contributed by atoms with Gasteiger partial charge in [0, 0.05) is 23.0 Å². The van der Waals surface area contributed by atoms with Gasteiger partial charge in [0.1, 0.15) is 5.82 Å². The number of hydrogen-bond acceptors (Lipinski definition) is 5. The molecule has 1 heterocycles. The lowest BCUT2D eigenvalue weighted by molar-refractivity contribution is 0.102. The molecule has 7 nitrogen and oxygen atoms in total. The van der Waals surface area contributed by atoms with Gasteiger partial charge in [0.25, 0.3) is 5.91 Å². The molecule has 0 saturated carbocycles. The molecule has 0 aliphatic heterocycles. The van der Waals surface area contributed by atoms with E-state index in [2.05, 4.69) is 25.9 Å².